The van der Waals surface area contributed by atoms with Crippen LogP contribution < -0.4 is 14.8 Å². The van der Waals surface area contributed by atoms with Crippen LogP contribution in [0.2, 0.25) is 0 Å². The summed E-state index contributed by atoms with van der Waals surface area (Å²) in [6.07, 6.45) is 0. The molecule has 1 heterocycles. The Balaban J connectivity index is 1.49. The van der Waals surface area contributed by atoms with Crippen LogP contribution in [0.25, 0.3) is 0 Å². The van der Waals surface area contributed by atoms with E-state index in [1.165, 1.54) is 5.56 Å². The van der Waals surface area contributed by atoms with Crippen LogP contribution in [0.15, 0.2) is 46.9 Å². The summed E-state index contributed by atoms with van der Waals surface area (Å²) in [5.74, 6) is 2.57. The zero-order valence-corrected chi connectivity index (χ0v) is 14.8. The minimum absolute atomic E-state index is 0.0262. The first-order valence-corrected chi connectivity index (χ1v) is 9.17. The van der Waals surface area contributed by atoms with Crippen LogP contribution in [0.1, 0.15) is 5.56 Å². The zero-order chi connectivity index (χ0) is 16.1. The Hall–Kier alpha value is -1.66. The van der Waals surface area contributed by atoms with Gasteiger partial charge in [0.25, 0.3) is 0 Å². The second-order valence-electron chi connectivity index (χ2n) is 5.03. The normalized spacial score (nSPS) is 12.7. The predicted molar refractivity (Wildman–Crippen MR) is 96.4 cm³/mol. The molecule has 4 nitrogen and oxygen atoms in total. The van der Waals surface area contributed by atoms with E-state index < -0.39 is 0 Å². The molecule has 0 aromatic heterocycles. The molecule has 1 aliphatic rings. The summed E-state index contributed by atoms with van der Waals surface area (Å²) in [7, 11) is 0. The highest BCUT2D eigenvalue weighted by atomic mass is 79.9. The number of amides is 1. The molecular weight excluding hydrogens is 378 g/mol. The summed E-state index contributed by atoms with van der Waals surface area (Å²) in [5.41, 5.74) is 1.92. The molecule has 0 fully saturated rings. The third kappa shape index (κ3) is 4.65. The van der Waals surface area contributed by atoms with Crippen molar-refractivity contribution >= 4 is 39.3 Å². The van der Waals surface area contributed by atoms with Crippen LogP contribution in [0, 0.1) is 0 Å². The first kappa shape index (κ1) is 16.2. The number of ether oxygens (including phenoxy) is 2. The van der Waals surface area contributed by atoms with Gasteiger partial charge >= 0.3 is 0 Å². The number of hydrogen-bond acceptors (Lipinski definition) is 4. The Morgan fingerprint density at radius 3 is 2.78 bits per heavy atom. The number of carbonyl (C=O) groups excluding carboxylic acids is 1. The molecule has 6 heteroatoms. The minimum Gasteiger partial charge on any atom is -0.486 e. The van der Waals surface area contributed by atoms with Crippen LogP contribution in [-0.2, 0) is 10.5 Å². The molecule has 23 heavy (non-hydrogen) atoms. The number of anilines is 1. The molecule has 2 aromatic carbocycles. The minimum atomic E-state index is -0.0262. The van der Waals surface area contributed by atoms with Crippen molar-refractivity contribution in [2.24, 2.45) is 0 Å². The van der Waals surface area contributed by atoms with E-state index in [9.17, 15) is 4.79 Å². The second-order valence-corrected chi connectivity index (χ2v) is 6.93. The SMILES string of the molecule is O=C(CSCc1cccc(Br)c1)Nc1ccc2c(c1)OCCO2. The lowest BCUT2D eigenvalue weighted by Gasteiger charge is -2.19. The maximum Gasteiger partial charge on any atom is 0.234 e. The number of halogens is 1. The van der Waals surface area contributed by atoms with E-state index in [0.29, 0.717) is 24.7 Å². The quantitative estimate of drug-likeness (QED) is 0.830. The van der Waals surface area contributed by atoms with Gasteiger partial charge in [-0.2, -0.15) is 0 Å². The summed E-state index contributed by atoms with van der Waals surface area (Å²) in [4.78, 5) is 12.0. The van der Waals surface area contributed by atoms with E-state index >= 15 is 0 Å². The van der Waals surface area contributed by atoms with Gasteiger partial charge in [0.1, 0.15) is 13.2 Å². The lowest BCUT2D eigenvalue weighted by molar-refractivity contribution is -0.113. The number of nitrogens with one attached hydrogen (secondary N) is 1. The van der Waals surface area contributed by atoms with Gasteiger partial charge in [0.05, 0.1) is 5.75 Å². The van der Waals surface area contributed by atoms with Gasteiger partial charge in [-0.3, -0.25) is 4.79 Å². The topological polar surface area (TPSA) is 47.6 Å². The smallest absolute Gasteiger partial charge is 0.234 e. The molecule has 0 atom stereocenters. The lowest BCUT2D eigenvalue weighted by atomic mass is 10.2. The Kier molecular flexibility index (Phi) is 5.46. The number of rotatable bonds is 5. The molecule has 1 aliphatic heterocycles. The van der Waals surface area contributed by atoms with Gasteiger partial charge in [-0.25, -0.2) is 0 Å². The van der Waals surface area contributed by atoms with Crippen LogP contribution in [0.5, 0.6) is 11.5 Å². The maximum atomic E-state index is 12.0. The summed E-state index contributed by atoms with van der Waals surface area (Å²) in [6.45, 7) is 1.10. The van der Waals surface area contributed by atoms with Crippen molar-refractivity contribution in [3.8, 4) is 11.5 Å². The zero-order valence-electron chi connectivity index (χ0n) is 12.4. The molecular formula is C17H16BrNO3S. The van der Waals surface area contributed by atoms with Gasteiger partial charge in [0.2, 0.25) is 5.91 Å². The fourth-order valence-electron chi connectivity index (χ4n) is 2.21. The Morgan fingerprint density at radius 2 is 1.96 bits per heavy atom. The lowest BCUT2D eigenvalue weighted by Crippen LogP contribution is -2.17. The number of carbonyl (C=O) groups is 1. The van der Waals surface area contributed by atoms with E-state index in [0.717, 1.165) is 21.7 Å². The summed E-state index contributed by atoms with van der Waals surface area (Å²) in [5, 5.41) is 2.89. The highest BCUT2D eigenvalue weighted by Crippen LogP contribution is 2.32. The predicted octanol–water partition coefficient (Wildman–Crippen LogP) is 4.09. The molecule has 1 N–H and O–H groups in total. The number of hydrogen-bond donors (Lipinski definition) is 1. The number of benzene rings is 2. The molecule has 0 saturated carbocycles. The standard InChI is InChI=1S/C17H16BrNO3S/c18-13-3-1-2-12(8-13)10-23-11-17(20)19-14-4-5-15-16(9-14)22-7-6-21-15/h1-5,8-9H,6-7,10-11H2,(H,19,20). The summed E-state index contributed by atoms with van der Waals surface area (Å²) >= 11 is 5.03. The van der Waals surface area contributed by atoms with E-state index in [-0.39, 0.29) is 5.91 Å². The van der Waals surface area contributed by atoms with Crippen LogP contribution in [0.4, 0.5) is 5.69 Å². The number of thioether (sulfide) groups is 1. The van der Waals surface area contributed by atoms with Gasteiger partial charge in [-0.05, 0) is 29.8 Å². The van der Waals surface area contributed by atoms with Gasteiger partial charge in [-0.15, -0.1) is 11.8 Å². The molecule has 120 valence electrons. The van der Waals surface area contributed by atoms with Crippen molar-refractivity contribution in [1.29, 1.82) is 0 Å². The molecule has 1 amide bonds. The molecule has 0 saturated heterocycles. The molecule has 0 unspecified atom stereocenters. The van der Waals surface area contributed by atoms with Crippen molar-refractivity contribution in [2.45, 2.75) is 5.75 Å². The molecule has 0 bridgehead atoms. The van der Waals surface area contributed by atoms with E-state index in [1.807, 2.05) is 24.3 Å². The van der Waals surface area contributed by atoms with Crippen molar-refractivity contribution in [3.63, 3.8) is 0 Å². The van der Waals surface area contributed by atoms with Crippen LogP contribution in [0.3, 0.4) is 0 Å². The van der Waals surface area contributed by atoms with Gasteiger partial charge in [0.15, 0.2) is 11.5 Å². The summed E-state index contributed by atoms with van der Waals surface area (Å²) in [6, 6.07) is 13.5. The first-order valence-electron chi connectivity index (χ1n) is 7.22. The first-order chi connectivity index (χ1) is 11.2. The monoisotopic (exact) mass is 393 g/mol. The van der Waals surface area contributed by atoms with E-state index in [2.05, 4.69) is 33.4 Å². The van der Waals surface area contributed by atoms with Gasteiger partial charge in [-0.1, -0.05) is 28.1 Å². The fourth-order valence-corrected chi connectivity index (χ4v) is 3.43. The fraction of sp³-hybridized carbons (Fsp3) is 0.235. The Labute approximate surface area is 147 Å². The van der Waals surface area contributed by atoms with Crippen molar-refractivity contribution in [3.05, 3.63) is 52.5 Å². The molecule has 2 aromatic rings. The highest BCUT2D eigenvalue weighted by Gasteiger charge is 2.12. The molecule has 0 spiro atoms. The highest BCUT2D eigenvalue weighted by molar-refractivity contribution is 9.10. The molecule has 0 radical (unpaired) electrons. The van der Waals surface area contributed by atoms with Crippen LogP contribution >= 0.6 is 27.7 Å². The van der Waals surface area contributed by atoms with Gasteiger partial charge in [0, 0.05) is 22.0 Å². The third-order valence-electron chi connectivity index (χ3n) is 3.22. The van der Waals surface area contributed by atoms with Gasteiger partial charge < -0.3 is 14.8 Å². The average molecular weight is 394 g/mol. The third-order valence-corrected chi connectivity index (χ3v) is 4.71. The van der Waals surface area contributed by atoms with E-state index in [4.69, 9.17) is 9.47 Å². The van der Waals surface area contributed by atoms with E-state index in [1.54, 1.807) is 17.8 Å². The number of fused-ring (bicyclic) bond motifs is 1. The largest absolute Gasteiger partial charge is 0.486 e. The van der Waals surface area contributed by atoms with Crippen molar-refractivity contribution in [2.75, 3.05) is 24.3 Å². The summed E-state index contributed by atoms with van der Waals surface area (Å²) < 4.78 is 12.0. The average Bonchev–Trinajstić information content (AvgIpc) is 2.55. The Bertz CT molecular complexity index is 708. The molecule has 0 aliphatic carbocycles. The van der Waals surface area contributed by atoms with Crippen LogP contribution in [-0.4, -0.2) is 24.9 Å². The van der Waals surface area contributed by atoms with Crippen molar-refractivity contribution in [1.82, 2.24) is 0 Å². The maximum absolute atomic E-state index is 12.0. The molecule has 3 rings (SSSR count). The van der Waals surface area contributed by atoms with Crippen molar-refractivity contribution < 1.29 is 14.3 Å². The Morgan fingerprint density at radius 1 is 1.13 bits per heavy atom. The second kappa shape index (κ2) is 7.75.